The minimum absolute atomic E-state index is 0.105. The predicted octanol–water partition coefficient (Wildman–Crippen LogP) is 1.40. The molecule has 1 unspecified atom stereocenters. The van der Waals surface area contributed by atoms with E-state index in [1.165, 1.54) is 0 Å². The second kappa shape index (κ2) is 7.96. The summed E-state index contributed by atoms with van der Waals surface area (Å²) in [4.78, 5) is 16.5. The highest BCUT2D eigenvalue weighted by molar-refractivity contribution is 7.91. The third-order valence-electron chi connectivity index (χ3n) is 5.17. The minimum atomic E-state index is -2.86. The van der Waals surface area contributed by atoms with E-state index in [4.69, 9.17) is 4.74 Å². The first kappa shape index (κ1) is 19.2. The number of carbonyl (C=O) groups is 1. The summed E-state index contributed by atoms with van der Waals surface area (Å²) in [6.07, 6.45) is 1.09. The Hall–Kier alpha value is -1.60. The average molecular weight is 381 g/mol. The second-order valence-electron chi connectivity index (χ2n) is 7.40. The Balaban J connectivity index is 1.41. The number of nitrogens with zero attached hydrogens (tertiary/aromatic N) is 2. The fraction of sp³-hybridized carbons (Fsp3) is 0.632. The van der Waals surface area contributed by atoms with Crippen molar-refractivity contribution >= 4 is 15.7 Å². The zero-order chi connectivity index (χ0) is 18.7. The van der Waals surface area contributed by atoms with Gasteiger partial charge in [-0.05, 0) is 43.5 Å². The zero-order valence-corrected chi connectivity index (χ0v) is 16.4. The molecule has 0 N–H and O–H groups in total. The Labute approximate surface area is 156 Å². The smallest absolute Gasteiger partial charge is 0.226 e. The molecule has 0 spiro atoms. The summed E-state index contributed by atoms with van der Waals surface area (Å²) < 4.78 is 29.0. The monoisotopic (exact) mass is 380 g/mol. The van der Waals surface area contributed by atoms with Crippen LogP contribution >= 0.6 is 0 Å². The van der Waals surface area contributed by atoms with Crippen LogP contribution in [0.2, 0.25) is 0 Å². The SMILES string of the molecule is Cc1cc(C)cc(OCCC(=O)N2CCN(C3CCS(=O)(=O)C3)CC2)c1. The van der Waals surface area contributed by atoms with Gasteiger partial charge in [0.1, 0.15) is 5.75 Å². The number of amides is 1. The Morgan fingerprint density at radius 3 is 2.35 bits per heavy atom. The maximum atomic E-state index is 12.4. The Morgan fingerprint density at radius 1 is 1.12 bits per heavy atom. The number of carbonyl (C=O) groups excluding carboxylic acids is 1. The van der Waals surface area contributed by atoms with E-state index in [1.807, 2.05) is 30.9 Å². The van der Waals surface area contributed by atoms with Crippen molar-refractivity contribution in [3.8, 4) is 5.75 Å². The van der Waals surface area contributed by atoms with Crippen molar-refractivity contribution < 1.29 is 17.9 Å². The number of hydrogen-bond donors (Lipinski definition) is 0. The lowest BCUT2D eigenvalue weighted by Crippen LogP contribution is -2.52. The topological polar surface area (TPSA) is 66.9 Å². The quantitative estimate of drug-likeness (QED) is 0.773. The van der Waals surface area contributed by atoms with Crippen LogP contribution in [-0.4, -0.2) is 74.5 Å². The van der Waals surface area contributed by atoms with E-state index in [1.54, 1.807) is 0 Å². The van der Waals surface area contributed by atoms with Crippen molar-refractivity contribution in [1.29, 1.82) is 0 Å². The molecule has 2 heterocycles. The van der Waals surface area contributed by atoms with Crippen LogP contribution in [0, 0.1) is 13.8 Å². The summed E-state index contributed by atoms with van der Waals surface area (Å²) in [6.45, 7) is 7.27. The Bertz CT molecular complexity index is 735. The number of piperazine rings is 1. The summed E-state index contributed by atoms with van der Waals surface area (Å²) in [5, 5.41) is 0. The van der Waals surface area contributed by atoms with Crippen LogP contribution in [0.25, 0.3) is 0 Å². The van der Waals surface area contributed by atoms with Crippen molar-refractivity contribution in [1.82, 2.24) is 9.80 Å². The van der Waals surface area contributed by atoms with Gasteiger partial charge in [-0.2, -0.15) is 0 Å². The fourth-order valence-corrected chi connectivity index (χ4v) is 5.59. The minimum Gasteiger partial charge on any atom is -0.493 e. The predicted molar refractivity (Wildman–Crippen MR) is 101 cm³/mol. The fourth-order valence-electron chi connectivity index (χ4n) is 3.83. The maximum Gasteiger partial charge on any atom is 0.226 e. The molecule has 26 heavy (non-hydrogen) atoms. The lowest BCUT2D eigenvalue weighted by molar-refractivity contribution is -0.133. The van der Waals surface area contributed by atoms with Gasteiger partial charge in [-0.1, -0.05) is 6.07 Å². The molecule has 2 aliphatic heterocycles. The van der Waals surface area contributed by atoms with E-state index in [0.717, 1.165) is 36.4 Å². The van der Waals surface area contributed by atoms with Gasteiger partial charge in [0.2, 0.25) is 5.91 Å². The summed E-state index contributed by atoms with van der Waals surface area (Å²) >= 11 is 0. The van der Waals surface area contributed by atoms with Crippen LogP contribution in [0.5, 0.6) is 5.75 Å². The molecule has 1 atom stereocenters. The highest BCUT2D eigenvalue weighted by atomic mass is 32.2. The summed E-state index contributed by atoms with van der Waals surface area (Å²) in [5.41, 5.74) is 2.30. The molecule has 0 radical (unpaired) electrons. The van der Waals surface area contributed by atoms with Gasteiger partial charge in [0, 0.05) is 32.2 Å². The van der Waals surface area contributed by atoms with Gasteiger partial charge in [0.15, 0.2) is 9.84 Å². The zero-order valence-electron chi connectivity index (χ0n) is 15.6. The van der Waals surface area contributed by atoms with Gasteiger partial charge in [-0.3, -0.25) is 9.69 Å². The van der Waals surface area contributed by atoms with E-state index in [0.29, 0.717) is 31.9 Å². The lowest BCUT2D eigenvalue weighted by atomic mass is 10.1. The number of benzene rings is 1. The van der Waals surface area contributed by atoms with Crippen molar-refractivity contribution in [2.24, 2.45) is 0 Å². The molecular weight excluding hydrogens is 352 g/mol. The first-order valence-corrected chi connectivity index (χ1v) is 11.1. The molecule has 0 saturated carbocycles. The van der Waals surface area contributed by atoms with Crippen LogP contribution in [0.4, 0.5) is 0 Å². The third-order valence-corrected chi connectivity index (χ3v) is 6.92. The van der Waals surface area contributed by atoms with Gasteiger partial charge in [-0.25, -0.2) is 8.42 Å². The lowest BCUT2D eigenvalue weighted by Gasteiger charge is -2.37. The number of rotatable bonds is 5. The Morgan fingerprint density at radius 2 is 1.77 bits per heavy atom. The normalized spacial score (nSPS) is 23.2. The van der Waals surface area contributed by atoms with Gasteiger partial charge < -0.3 is 9.64 Å². The summed E-state index contributed by atoms with van der Waals surface area (Å²) in [7, 11) is -2.86. The molecule has 1 aromatic rings. The molecular formula is C19H28N2O4S. The first-order valence-electron chi connectivity index (χ1n) is 9.26. The van der Waals surface area contributed by atoms with E-state index >= 15 is 0 Å². The largest absolute Gasteiger partial charge is 0.493 e. The van der Waals surface area contributed by atoms with Crippen molar-refractivity contribution in [2.45, 2.75) is 32.7 Å². The highest BCUT2D eigenvalue weighted by Gasteiger charge is 2.34. The number of sulfone groups is 1. The van der Waals surface area contributed by atoms with Gasteiger partial charge in [0.25, 0.3) is 0 Å². The first-order chi connectivity index (χ1) is 12.3. The van der Waals surface area contributed by atoms with E-state index in [2.05, 4.69) is 11.0 Å². The molecule has 7 heteroatoms. The van der Waals surface area contributed by atoms with Crippen LogP contribution in [0.15, 0.2) is 18.2 Å². The van der Waals surface area contributed by atoms with Gasteiger partial charge in [0.05, 0.1) is 24.5 Å². The van der Waals surface area contributed by atoms with Crippen molar-refractivity contribution in [3.63, 3.8) is 0 Å². The highest BCUT2D eigenvalue weighted by Crippen LogP contribution is 2.20. The number of hydrogen-bond acceptors (Lipinski definition) is 5. The summed E-state index contributed by atoms with van der Waals surface area (Å²) in [6, 6.07) is 6.18. The third kappa shape index (κ3) is 4.98. The van der Waals surface area contributed by atoms with Gasteiger partial charge >= 0.3 is 0 Å². The second-order valence-corrected chi connectivity index (χ2v) is 9.62. The molecule has 3 rings (SSSR count). The van der Waals surface area contributed by atoms with E-state index in [-0.39, 0.29) is 17.7 Å². The molecule has 144 valence electrons. The number of aryl methyl sites for hydroxylation is 2. The van der Waals surface area contributed by atoms with E-state index < -0.39 is 9.84 Å². The van der Waals surface area contributed by atoms with Gasteiger partial charge in [-0.15, -0.1) is 0 Å². The molecule has 2 fully saturated rings. The standard InChI is InChI=1S/C19H28N2O4S/c1-15-11-16(2)13-18(12-15)25-9-3-19(22)21-7-5-20(6-8-21)17-4-10-26(23,24)14-17/h11-13,17H,3-10,14H2,1-2H3. The molecule has 1 amide bonds. The molecule has 6 nitrogen and oxygen atoms in total. The van der Waals surface area contributed by atoms with Crippen LogP contribution in [0.1, 0.15) is 24.0 Å². The molecule has 0 aromatic heterocycles. The van der Waals surface area contributed by atoms with Crippen LogP contribution in [0.3, 0.4) is 0 Å². The van der Waals surface area contributed by atoms with Crippen molar-refractivity contribution in [2.75, 3.05) is 44.3 Å². The Kier molecular flexibility index (Phi) is 5.87. The van der Waals surface area contributed by atoms with E-state index in [9.17, 15) is 13.2 Å². The molecule has 2 saturated heterocycles. The molecule has 0 bridgehead atoms. The number of ether oxygens (including phenoxy) is 1. The average Bonchev–Trinajstić information content (AvgIpc) is 2.94. The van der Waals surface area contributed by atoms with Crippen LogP contribution in [-0.2, 0) is 14.6 Å². The van der Waals surface area contributed by atoms with Crippen LogP contribution < -0.4 is 4.74 Å². The molecule has 0 aliphatic carbocycles. The molecule has 2 aliphatic rings. The maximum absolute atomic E-state index is 12.4. The van der Waals surface area contributed by atoms with Crippen molar-refractivity contribution in [3.05, 3.63) is 29.3 Å². The summed E-state index contributed by atoms with van der Waals surface area (Å²) in [5.74, 6) is 1.48. The molecule has 1 aromatic carbocycles.